The SMILES string of the molecule is C=CC1CCN(C(=O)CC#N)CC1N(C)c1ncnc2[nH]cc(O)c12. The Morgan fingerprint density at radius 3 is 3.16 bits per heavy atom. The lowest BCUT2D eigenvalue weighted by atomic mass is 9.90. The van der Waals surface area contributed by atoms with Crippen LogP contribution in [0, 0.1) is 17.2 Å². The fourth-order valence-corrected chi connectivity index (χ4v) is 3.40. The number of carbonyl (C=O) groups is 1. The molecule has 0 aliphatic carbocycles. The number of anilines is 1. The summed E-state index contributed by atoms with van der Waals surface area (Å²) in [6, 6.07) is 1.86. The van der Waals surface area contributed by atoms with Gasteiger partial charge in [-0.2, -0.15) is 5.26 Å². The Morgan fingerprint density at radius 1 is 1.64 bits per heavy atom. The third-order valence-corrected chi connectivity index (χ3v) is 4.78. The molecular formula is C17H20N6O2. The first kappa shape index (κ1) is 16.8. The van der Waals surface area contributed by atoms with Crippen molar-refractivity contribution in [2.75, 3.05) is 25.0 Å². The predicted molar refractivity (Wildman–Crippen MR) is 92.9 cm³/mol. The summed E-state index contributed by atoms with van der Waals surface area (Å²) in [6.07, 6.45) is 5.46. The van der Waals surface area contributed by atoms with Gasteiger partial charge in [-0.15, -0.1) is 6.58 Å². The van der Waals surface area contributed by atoms with E-state index in [1.54, 1.807) is 4.90 Å². The summed E-state index contributed by atoms with van der Waals surface area (Å²) in [5, 5.41) is 19.4. The molecule has 2 aromatic heterocycles. The van der Waals surface area contributed by atoms with Crippen LogP contribution in [0.4, 0.5) is 5.82 Å². The number of aromatic nitrogens is 3. The fourth-order valence-electron chi connectivity index (χ4n) is 3.40. The average Bonchev–Trinajstić information content (AvgIpc) is 3.02. The molecule has 1 fully saturated rings. The van der Waals surface area contributed by atoms with Crippen LogP contribution in [0.5, 0.6) is 5.75 Å². The van der Waals surface area contributed by atoms with E-state index in [1.807, 2.05) is 24.1 Å². The zero-order valence-electron chi connectivity index (χ0n) is 14.0. The number of H-pyrrole nitrogens is 1. The molecule has 3 rings (SSSR count). The number of likely N-dealkylation sites (N-methyl/N-ethyl adjacent to an activating group) is 1. The van der Waals surface area contributed by atoms with Crippen molar-refractivity contribution in [2.45, 2.75) is 18.9 Å². The molecule has 0 bridgehead atoms. The van der Waals surface area contributed by atoms with Crippen molar-refractivity contribution in [3.8, 4) is 11.8 Å². The number of carbonyl (C=O) groups excluding carboxylic acids is 1. The summed E-state index contributed by atoms with van der Waals surface area (Å²) in [4.78, 5) is 27.1. The molecule has 2 unspecified atom stereocenters. The number of hydrogen-bond donors (Lipinski definition) is 2. The van der Waals surface area contributed by atoms with Gasteiger partial charge in [-0.1, -0.05) is 6.08 Å². The van der Waals surface area contributed by atoms with Crippen LogP contribution in [0.2, 0.25) is 0 Å². The van der Waals surface area contributed by atoms with Crippen LogP contribution < -0.4 is 4.90 Å². The van der Waals surface area contributed by atoms with E-state index in [4.69, 9.17) is 5.26 Å². The lowest BCUT2D eigenvalue weighted by Crippen LogP contribution is -2.53. The number of nitrogens with zero attached hydrogens (tertiary/aromatic N) is 5. The summed E-state index contributed by atoms with van der Waals surface area (Å²) in [7, 11) is 1.88. The van der Waals surface area contributed by atoms with Gasteiger partial charge in [0.2, 0.25) is 5.91 Å². The highest BCUT2D eigenvalue weighted by molar-refractivity contribution is 5.93. The molecule has 3 heterocycles. The number of rotatable bonds is 4. The maximum absolute atomic E-state index is 12.1. The van der Waals surface area contributed by atoms with Crippen molar-refractivity contribution in [3.05, 3.63) is 25.2 Å². The molecule has 1 amide bonds. The molecule has 1 aliphatic heterocycles. The normalized spacial score (nSPS) is 20.2. The van der Waals surface area contributed by atoms with Gasteiger partial charge < -0.3 is 19.9 Å². The first-order valence-corrected chi connectivity index (χ1v) is 8.08. The smallest absolute Gasteiger partial charge is 0.236 e. The molecule has 2 aromatic rings. The quantitative estimate of drug-likeness (QED) is 0.815. The highest BCUT2D eigenvalue weighted by Crippen LogP contribution is 2.33. The van der Waals surface area contributed by atoms with E-state index in [2.05, 4.69) is 21.5 Å². The third-order valence-electron chi connectivity index (χ3n) is 4.78. The molecule has 0 radical (unpaired) electrons. The van der Waals surface area contributed by atoms with Crippen LogP contribution in [0.3, 0.4) is 0 Å². The predicted octanol–water partition coefficient (Wildman–Crippen LogP) is 1.42. The maximum atomic E-state index is 12.1. The van der Waals surface area contributed by atoms with Crippen LogP contribution in [0.25, 0.3) is 11.0 Å². The second-order valence-corrected chi connectivity index (χ2v) is 6.14. The Balaban J connectivity index is 1.93. The molecule has 25 heavy (non-hydrogen) atoms. The molecule has 8 nitrogen and oxygen atoms in total. The molecular weight excluding hydrogens is 320 g/mol. The van der Waals surface area contributed by atoms with E-state index in [0.717, 1.165) is 6.42 Å². The van der Waals surface area contributed by atoms with Crippen molar-refractivity contribution in [2.24, 2.45) is 5.92 Å². The van der Waals surface area contributed by atoms with Gasteiger partial charge in [0.05, 0.1) is 12.1 Å². The van der Waals surface area contributed by atoms with Crippen molar-refractivity contribution >= 4 is 22.8 Å². The van der Waals surface area contributed by atoms with Crippen LogP contribution in [0.15, 0.2) is 25.2 Å². The monoisotopic (exact) mass is 340 g/mol. The van der Waals surface area contributed by atoms with Crippen molar-refractivity contribution in [3.63, 3.8) is 0 Å². The molecule has 130 valence electrons. The van der Waals surface area contributed by atoms with Gasteiger partial charge in [-0.25, -0.2) is 9.97 Å². The van der Waals surface area contributed by atoms with Gasteiger partial charge in [0.1, 0.15) is 35.3 Å². The first-order chi connectivity index (χ1) is 12.1. The standard InChI is InChI=1S/C17H20N6O2/c1-3-11-5-7-23(14(25)4-6-18)9-12(11)22(2)17-15-13(24)8-19-16(15)20-10-21-17/h3,8,10-12,24H,1,4-5,7,9H2,2H3,(H,19,20,21). The number of nitriles is 1. The van der Waals surface area contributed by atoms with Crippen LogP contribution in [0.1, 0.15) is 12.8 Å². The molecule has 0 saturated carbocycles. The van der Waals surface area contributed by atoms with Crippen LogP contribution in [-0.2, 0) is 4.79 Å². The molecule has 1 aliphatic rings. The molecule has 1 saturated heterocycles. The minimum atomic E-state index is -0.166. The number of nitrogens with one attached hydrogen (secondary N) is 1. The van der Waals surface area contributed by atoms with Crippen molar-refractivity contribution in [1.82, 2.24) is 19.9 Å². The summed E-state index contributed by atoms with van der Waals surface area (Å²) in [5.41, 5.74) is 0.553. The highest BCUT2D eigenvalue weighted by Gasteiger charge is 2.33. The lowest BCUT2D eigenvalue weighted by Gasteiger charge is -2.42. The Kier molecular flexibility index (Phi) is 4.57. The average molecular weight is 340 g/mol. The van der Waals surface area contributed by atoms with E-state index in [9.17, 15) is 9.90 Å². The van der Waals surface area contributed by atoms with Gasteiger partial charge in [0.15, 0.2) is 0 Å². The fraction of sp³-hybridized carbons (Fsp3) is 0.412. The summed E-state index contributed by atoms with van der Waals surface area (Å²) < 4.78 is 0. The number of aromatic hydroxyl groups is 1. The van der Waals surface area contributed by atoms with Gasteiger partial charge in [-0.05, 0) is 6.42 Å². The van der Waals surface area contributed by atoms with Gasteiger partial charge in [0, 0.05) is 32.3 Å². The van der Waals surface area contributed by atoms with E-state index in [-0.39, 0.29) is 30.0 Å². The zero-order chi connectivity index (χ0) is 18.0. The topological polar surface area (TPSA) is 109 Å². The van der Waals surface area contributed by atoms with Crippen molar-refractivity contribution < 1.29 is 9.90 Å². The largest absolute Gasteiger partial charge is 0.506 e. The number of likely N-dealkylation sites (tertiary alicyclic amines) is 1. The minimum absolute atomic E-state index is 0.0544. The third kappa shape index (κ3) is 3.01. The van der Waals surface area contributed by atoms with E-state index in [0.29, 0.717) is 29.9 Å². The molecule has 2 N–H and O–H groups in total. The molecule has 0 spiro atoms. The van der Waals surface area contributed by atoms with Gasteiger partial charge in [-0.3, -0.25) is 4.79 Å². The first-order valence-electron chi connectivity index (χ1n) is 8.08. The molecule has 8 heteroatoms. The summed E-state index contributed by atoms with van der Waals surface area (Å²) in [5.74, 6) is 0.680. The number of amides is 1. The van der Waals surface area contributed by atoms with E-state index in [1.165, 1.54) is 12.5 Å². The van der Waals surface area contributed by atoms with E-state index < -0.39 is 0 Å². The Hall–Kier alpha value is -3.08. The maximum Gasteiger partial charge on any atom is 0.236 e. The molecule has 2 atom stereocenters. The summed E-state index contributed by atoms with van der Waals surface area (Å²) >= 11 is 0. The zero-order valence-corrected chi connectivity index (χ0v) is 14.0. The second-order valence-electron chi connectivity index (χ2n) is 6.14. The van der Waals surface area contributed by atoms with Crippen LogP contribution >= 0.6 is 0 Å². The Labute approximate surface area is 145 Å². The van der Waals surface area contributed by atoms with Gasteiger partial charge in [0.25, 0.3) is 0 Å². The lowest BCUT2D eigenvalue weighted by molar-refractivity contribution is -0.131. The minimum Gasteiger partial charge on any atom is -0.506 e. The number of fused-ring (bicyclic) bond motifs is 1. The molecule has 0 aromatic carbocycles. The van der Waals surface area contributed by atoms with E-state index >= 15 is 0 Å². The second kappa shape index (κ2) is 6.81. The highest BCUT2D eigenvalue weighted by atomic mass is 16.3. The Morgan fingerprint density at radius 2 is 2.44 bits per heavy atom. The number of hydrogen-bond acceptors (Lipinski definition) is 6. The Bertz CT molecular complexity index is 839. The summed E-state index contributed by atoms with van der Waals surface area (Å²) in [6.45, 7) is 5.00. The van der Waals surface area contributed by atoms with Gasteiger partial charge >= 0.3 is 0 Å². The number of aromatic amines is 1. The van der Waals surface area contributed by atoms with Crippen molar-refractivity contribution in [1.29, 1.82) is 5.26 Å². The number of piperidine rings is 1. The van der Waals surface area contributed by atoms with Crippen LogP contribution in [-0.4, -0.2) is 57.0 Å².